The van der Waals surface area contributed by atoms with Crippen LogP contribution in [0.2, 0.25) is 0 Å². The van der Waals surface area contributed by atoms with Crippen molar-refractivity contribution >= 4 is 34.8 Å². The van der Waals surface area contributed by atoms with E-state index in [0.717, 1.165) is 11.3 Å². The quantitative estimate of drug-likeness (QED) is 0.209. The Balaban J connectivity index is 1.84. The molecule has 1 aromatic heterocycles. The molecule has 0 radical (unpaired) electrons. The number of esters is 1. The molecule has 40 heavy (non-hydrogen) atoms. The van der Waals surface area contributed by atoms with Gasteiger partial charge in [-0.05, 0) is 30.7 Å². The van der Waals surface area contributed by atoms with Gasteiger partial charge in [0, 0.05) is 17.2 Å². The molecule has 1 aliphatic rings. The van der Waals surface area contributed by atoms with Crippen molar-refractivity contribution in [3.63, 3.8) is 0 Å². The van der Waals surface area contributed by atoms with E-state index in [2.05, 4.69) is 0 Å². The maximum atomic E-state index is 13.9. The first kappa shape index (κ1) is 26.6. The van der Waals surface area contributed by atoms with E-state index >= 15 is 0 Å². The van der Waals surface area contributed by atoms with Crippen molar-refractivity contribution in [2.45, 2.75) is 13.0 Å². The molecule has 2 heterocycles. The summed E-state index contributed by atoms with van der Waals surface area (Å²) in [4.78, 5) is 43.1. The Labute approximate surface area is 231 Å². The standard InChI is InChI=1S/C29H23N3O7S/c1-3-39-28(35)23-24(17-9-5-4-6-10-17)30-29-31(25(23)18-11-7-13-20(15-18)38-2)27(34)22(40-29)16-19-12-8-14-21(26(19)33)32(36)37/h4-16,25,33H,3H2,1-2H3/b22-16+. The predicted octanol–water partition coefficient (Wildman–Crippen LogP) is 3.56. The number of nitro benzene ring substituents is 1. The molecule has 202 valence electrons. The van der Waals surface area contributed by atoms with Gasteiger partial charge in [-0.15, -0.1) is 0 Å². The van der Waals surface area contributed by atoms with Crippen molar-refractivity contribution in [3.8, 4) is 11.5 Å². The topological polar surface area (TPSA) is 133 Å². The highest BCUT2D eigenvalue weighted by Crippen LogP contribution is 2.36. The molecule has 0 aliphatic carbocycles. The van der Waals surface area contributed by atoms with Crippen LogP contribution in [-0.4, -0.2) is 34.3 Å². The van der Waals surface area contributed by atoms with Crippen molar-refractivity contribution in [1.82, 2.24) is 4.57 Å². The van der Waals surface area contributed by atoms with Gasteiger partial charge in [0.05, 0.1) is 40.5 Å². The molecule has 1 N–H and O–H groups in total. The van der Waals surface area contributed by atoms with E-state index in [1.807, 2.05) is 30.3 Å². The third-order valence-electron chi connectivity index (χ3n) is 6.31. The second kappa shape index (κ2) is 11.0. The van der Waals surface area contributed by atoms with E-state index in [0.29, 0.717) is 27.4 Å². The van der Waals surface area contributed by atoms with E-state index in [-0.39, 0.29) is 22.3 Å². The Bertz CT molecular complexity index is 1840. The molecule has 3 aromatic carbocycles. The fourth-order valence-electron chi connectivity index (χ4n) is 4.52. The van der Waals surface area contributed by atoms with Crippen LogP contribution in [0.1, 0.15) is 29.7 Å². The van der Waals surface area contributed by atoms with Gasteiger partial charge < -0.3 is 14.6 Å². The molecule has 0 fully saturated rings. The molecule has 0 amide bonds. The lowest BCUT2D eigenvalue weighted by Crippen LogP contribution is -2.40. The zero-order valence-corrected chi connectivity index (χ0v) is 22.3. The number of carbonyl (C=O) groups excluding carboxylic acids is 1. The molecular formula is C29H23N3O7S. The molecule has 1 unspecified atom stereocenters. The third-order valence-corrected chi connectivity index (χ3v) is 7.30. The van der Waals surface area contributed by atoms with Crippen LogP contribution in [0.15, 0.2) is 88.2 Å². The van der Waals surface area contributed by atoms with Crippen molar-refractivity contribution in [2.24, 2.45) is 4.99 Å². The number of carbonyl (C=O) groups is 1. The monoisotopic (exact) mass is 557 g/mol. The molecule has 4 aromatic rings. The Morgan fingerprint density at radius 2 is 1.90 bits per heavy atom. The van der Waals surface area contributed by atoms with Crippen molar-refractivity contribution < 1.29 is 24.3 Å². The molecule has 1 atom stereocenters. The van der Waals surface area contributed by atoms with Gasteiger partial charge in [-0.2, -0.15) is 0 Å². The van der Waals surface area contributed by atoms with E-state index in [1.54, 1.807) is 31.2 Å². The predicted molar refractivity (Wildman–Crippen MR) is 149 cm³/mol. The van der Waals surface area contributed by atoms with Gasteiger partial charge in [0.25, 0.3) is 5.56 Å². The Kier molecular flexibility index (Phi) is 7.30. The number of nitrogens with zero attached hydrogens (tertiary/aromatic N) is 3. The summed E-state index contributed by atoms with van der Waals surface area (Å²) in [6.07, 6.45) is 1.38. The fourth-order valence-corrected chi connectivity index (χ4v) is 5.51. The lowest BCUT2D eigenvalue weighted by Gasteiger charge is -2.26. The van der Waals surface area contributed by atoms with Crippen LogP contribution in [0.3, 0.4) is 0 Å². The molecule has 10 nitrogen and oxygen atoms in total. The number of phenolic OH excluding ortho intramolecular Hbond substituents is 1. The number of thiazole rings is 1. The molecular weight excluding hydrogens is 534 g/mol. The van der Waals surface area contributed by atoms with Crippen molar-refractivity contribution in [3.05, 3.63) is 125 Å². The first-order valence-electron chi connectivity index (χ1n) is 12.2. The summed E-state index contributed by atoms with van der Waals surface area (Å²) in [7, 11) is 1.52. The van der Waals surface area contributed by atoms with Crippen LogP contribution < -0.4 is 19.6 Å². The zero-order chi connectivity index (χ0) is 28.4. The molecule has 11 heteroatoms. The van der Waals surface area contributed by atoms with Crippen LogP contribution in [-0.2, 0) is 9.53 Å². The van der Waals surface area contributed by atoms with Crippen LogP contribution in [0.5, 0.6) is 11.5 Å². The highest BCUT2D eigenvalue weighted by Gasteiger charge is 2.35. The van der Waals surface area contributed by atoms with Gasteiger partial charge in [-0.25, -0.2) is 9.79 Å². The molecule has 0 spiro atoms. The second-order valence-corrected chi connectivity index (χ2v) is 9.69. The van der Waals surface area contributed by atoms with Gasteiger partial charge in [-0.1, -0.05) is 65.9 Å². The number of methoxy groups -OCH3 is 1. The SMILES string of the molecule is CCOC(=O)C1=C(c2ccccc2)N=c2s/c(=C/c3cccc([N+](=O)[O-])c3O)c(=O)n2C1c1cccc(OC)c1. The average Bonchev–Trinajstić information content (AvgIpc) is 3.28. The minimum Gasteiger partial charge on any atom is -0.502 e. The third kappa shape index (κ3) is 4.78. The Morgan fingerprint density at radius 1 is 1.15 bits per heavy atom. The number of aromatic nitrogens is 1. The van der Waals surface area contributed by atoms with E-state index in [4.69, 9.17) is 14.5 Å². The summed E-state index contributed by atoms with van der Waals surface area (Å²) in [6, 6.07) is 19.3. The summed E-state index contributed by atoms with van der Waals surface area (Å²) >= 11 is 1.04. The summed E-state index contributed by atoms with van der Waals surface area (Å²) in [6.45, 7) is 1.81. The van der Waals surface area contributed by atoms with Gasteiger partial charge in [0.2, 0.25) is 5.75 Å². The van der Waals surface area contributed by atoms with E-state index in [1.165, 1.54) is 36.0 Å². The largest absolute Gasteiger partial charge is 0.502 e. The molecule has 5 rings (SSSR count). The maximum absolute atomic E-state index is 13.9. The maximum Gasteiger partial charge on any atom is 0.338 e. The van der Waals surface area contributed by atoms with E-state index < -0.39 is 33.9 Å². The number of fused-ring (bicyclic) bond motifs is 1. The number of benzene rings is 3. The van der Waals surface area contributed by atoms with Gasteiger partial charge in [0.1, 0.15) is 5.75 Å². The minimum atomic E-state index is -0.915. The molecule has 0 saturated heterocycles. The second-order valence-electron chi connectivity index (χ2n) is 8.68. The highest BCUT2D eigenvalue weighted by atomic mass is 32.1. The van der Waals surface area contributed by atoms with Gasteiger partial charge in [-0.3, -0.25) is 19.5 Å². The molecule has 1 aliphatic heterocycles. The summed E-state index contributed by atoms with van der Waals surface area (Å²) in [5, 5.41) is 21.8. The number of nitro groups is 1. The Hall–Kier alpha value is -5.03. The summed E-state index contributed by atoms with van der Waals surface area (Å²) < 4.78 is 12.4. The Morgan fingerprint density at radius 3 is 2.60 bits per heavy atom. The lowest BCUT2D eigenvalue weighted by molar-refractivity contribution is -0.385. The van der Waals surface area contributed by atoms with Crippen LogP contribution in [0, 0.1) is 10.1 Å². The molecule has 0 saturated carbocycles. The van der Waals surface area contributed by atoms with Gasteiger partial charge >= 0.3 is 11.7 Å². The number of hydrogen-bond acceptors (Lipinski definition) is 9. The molecule has 0 bridgehead atoms. The number of rotatable bonds is 7. The van der Waals surface area contributed by atoms with Crippen molar-refractivity contribution in [1.29, 1.82) is 0 Å². The zero-order valence-electron chi connectivity index (χ0n) is 21.4. The normalized spacial score (nSPS) is 14.8. The van der Waals surface area contributed by atoms with Crippen LogP contribution in [0.25, 0.3) is 11.8 Å². The van der Waals surface area contributed by atoms with Crippen molar-refractivity contribution in [2.75, 3.05) is 13.7 Å². The first-order valence-corrected chi connectivity index (χ1v) is 13.0. The minimum absolute atomic E-state index is 0.102. The number of aromatic hydroxyl groups is 1. The number of para-hydroxylation sites is 1. The van der Waals surface area contributed by atoms with Crippen LogP contribution in [0.4, 0.5) is 5.69 Å². The van der Waals surface area contributed by atoms with E-state index in [9.17, 15) is 24.8 Å². The number of hydrogen-bond donors (Lipinski definition) is 1. The summed E-state index contributed by atoms with van der Waals surface area (Å²) in [5.74, 6) is -0.647. The number of ether oxygens (including phenoxy) is 2. The van der Waals surface area contributed by atoms with Crippen LogP contribution >= 0.6 is 11.3 Å². The first-order chi connectivity index (χ1) is 19.3. The van der Waals surface area contributed by atoms with Gasteiger partial charge in [0.15, 0.2) is 4.80 Å². The smallest absolute Gasteiger partial charge is 0.338 e. The lowest BCUT2D eigenvalue weighted by atomic mass is 9.93. The average molecular weight is 558 g/mol. The summed E-state index contributed by atoms with van der Waals surface area (Å²) in [5.41, 5.74) is 0.925. The number of phenols is 1. The fraction of sp³-hybridized carbons (Fsp3) is 0.138. The highest BCUT2D eigenvalue weighted by molar-refractivity contribution is 7.07.